The van der Waals surface area contributed by atoms with Crippen LogP contribution in [0.1, 0.15) is 36.0 Å². The second-order valence-electron chi connectivity index (χ2n) is 4.60. The highest BCUT2D eigenvalue weighted by Gasteiger charge is 2.21. The minimum atomic E-state index is 0.279. The number of likely N-dealkylation sites (tertiary alicyclic amines) is 1. The van der Waals surface area contributed by atoms with Gasteiger partial charge in [-0.2, -0.15) is 0 Å². The van der Waals surface area contributed by atoms with E-state index >= 15 is 0 Å². The molecule has 0 saturated carbocycles. The first-order chi connectivity index (χ1) is 7.77. The van der Waals surface area contributed by atoms with E-state index in [9.17, 15) is 4.79 Å². The lowest BCUT2D eigenvalue weighted by atomic mass is 10.0. The molecule has 2 nitrogen and oxygen atoms in total. The smallest absolute Gasteiger partial charge is 0.162 e. The Morgan fingerprint density at radius 1 is 1.38 bits per heavy atom. The van der Waals surface area contributed by atoms with Gasteiger partial charge in [0.05, 0.1) is 0 Å². The Kier molecular flexibility index (Phi) is 3.73. The van der Waals surface area contributed by atoms with Gasteiger partial charge in [0, 0.05) is 18.0 Å². The summed E-state index contributed by atoms with van der Waals surface area (Å²) in [5.74, 6) is 0.279. The Balaban J connectivity index is 1.84. The summed E-state index contributed by atoms with van der Waals surface area (Å²) in [4.78, 5) is 14.3. The third-order valence-corrected chi connectivity index (χ3v) is 3.47. The minimum Gasteiger partial charge on any atom is -0.303 e. The summed E-state index contributed by atoms with van der Waals surface area (Å²) in [6.07, 6.45) is 4.21. The number of hydrogen-bond donors (Lipinski definition) is 0. The van der Waals surface area contributed by atoms with Crippen LogP contribution in [0.2, 0.25) is 0 Å². The highest BCUT2D eigenvalue weighted by atomic mass is 16.1. The number of nitrogens with zero attached hydrogens (tertiary/aromatic N) is 1. The first-order valence-corrected chi connectivity index (χ1v) is 6.06. The summed E-state index contributed by atoms with van der Waals surface area (Å²) >= 11 is 0. The molecule has 2 rings (SSSR count). The third kappa shape index (κ3) is 2.70. The lowest BCUT2D eigenvalue weighted by Crippen LogP contribution is -2.25. The number of benzene rings is 1. The van der Waals surface area contributed by atoms with Gasteiger partial charge in [0.15, 0.2) is 5.78 Å². The quantitative estimate of drug-likeness (QED) is 0.723. The van der Waals surface area contributed by atoms with Gasteiger partial charge in [-0.25, -0.2) is 0 Å². The van der Waals surface area contributed by atoms with Crippen LogP contribution >= 0.6 is 0 Å². The van der Waals surface area contributed by atoms with Crippen molar-refractivity contribution in [3.8, 4) is 0 Å². The normalized spacial score (nSPS) is 21.2. The lowest BCUT2D eigenvalue weighted by Gasteiger charge is -2.18. The van der Waals surface area contributed by atoms with Crippen molar-refractivity contribution in [3.05, 3.63) is 35.9 Å². The van der Waals surface area contributed by atoms with Crippen molar-refractivity contribution in [2.24, 2.45) is 0 Å². The summed E-state index contributed by atoms with van der Waals surface area (Å²) in [6, 6.07) is 10.2. The van der Waals surface area contributed by atoms with Crippen molar-refractivity contribution < 1.29 is 4.79 Å². The van der Waals surface area contributed by atoms with Crippen LogP contribution in [-0.4, -0.2) is 30.3 Å². The van der Waals surface area contributed by atoms with Gasteiger partial charge in [0.25, 0.3) is 0 Å². The summed E-state index contributed by atoms with van der Waals surface area (Å²) in [5.41, 5.74) is 0.850. The molecule has 1 unspecified atom stereocenters. The van der Waals surface area contributed by atoms with Crippen molar-refractivity contribution >= 4 is 5.78 Å². The van der Waals surface area contributed by atoms with Gasteiger partial charge in [-0.3, -0.25) is 4.79 Å². The molecule has 1 aromatic carbocycles. The molecule has 1 aliphatic rings. The summed E-state index contributed by atoms with van der Waals surface area (Å²) < 4.78 is 0. The maximum atomic E-state index is 11.9. The molecule has 16 heavy (non-hydrogen) atoms. The number of ketones is 1. The van der Waals surface area contributed by atoms with Gasteiger partial charge in [-0.1, -0.05) is 30.3 Å². The largest absolute Gasteiger partial charge is 0.303 e. The SMILES string of the molecule is CN1CCCC1CCC(=O)c1ccccc1. The number of Topliss-reactive ketones (excluding diaryl/α,β-unsaturated/α-hetero) is 1. The van der Waals surface area contributed by atoms with Gasteiger partial charge >= 0.3 is 0 Å². The molecule has 0 N–H and O–H groups in total. The fourth-order valence-corrected chi connectivity index (χ4v) is 2.41. The average molecular weight is 217 g/mol. The van der Waals surface area contributed by atoms with E-state index in [1.807, 2.05) is 30.3 Å². The standard InChI is InChI=1S/C14H19NO/c1-15-11-5-8-13(15)9-10-14(16)12-6-3-2-4-7-12/h2-4,6-7,13H,5,8-11H2,1H3. The van der Waals surface area contributed by atoms with Crippen molar-refractivity contribution in [1.29, 1.82) is 0 Å². The molecule has 1 fully saturated rings. The van der Waals surface area contributed by atoms with Gasteiger partial charge < -0.3 is 4.90 Å². The molecule has 0 spiro atoms. The van der Waals surface area contributed by atoms with E-state index in [1.165, 1.54) is 19.4 Å². The highest BCUT2D eigenvalue weighted by Crippen LogP contribution is 2.20. The van der Waals surface area contributed by atoms with E-state index in [4.69, 9.17) is 0 Å². The predicted molar refractivity (Wildman–Crippen MR) is 65.7 cm³/mol. The fraction of sp³-hybridized carbons (Fsp3) is 0.500. The molecule has 1 aromatic rings. The Bertz CT molecular complexity index is 347. The summed E-state index contributed by atoms with van der Waals surface area (Å²) in [6.45, 7) is 1.18. The van der Waals surface area contributed by atoms with Crippen LogP contribution in [0.15, 0.2) is 30.3 Å². The molecular weight excluding hydrogens is 198 g/mol. The zero-order valence-electron chi connectivity index (χ0n) is 9.86. The number of carbonyl (C=O) groups is 1. The van der Waals surface area contributed by atoms with E-state index in [2.05, 4.69) is 11.9 Å². The van der Waals surface area contributed by atoms with Gasteiger partial charge in [-0.05, 0) is 32.9 Å². The Hall–Kier alpha value is -1.15. The summed E-state index contributed by atoms with van der Waals surface area (Å²) in [5, 5.41) is 0. The van der Waals surface area contributed by atoms with Crippen LogP contribution in [0.3, 0.4) is 0 Å². The Morgan fingerprint density at radius 2 is 2.12 bits per heavy atom. The molecule has 2 heteroatoms. The Morgan fingerprint density at radius 3 is 2.75 bits per heavy atom. The Labute approximate surface area is 97.3 Å². The van der Waals surface area contributed by atoms with Crippen LogP contribution < -0.4 is 0 Å². The summed E-state index contributed by atoms with van der Waals surface area (Å²) in [7, 11) is 2.16. The minimum absolute atomic E-state index is 0.279. The molecule has 0 amide bonds. The molecule has 1 atom stereocenters. The molecule has 1 heterocycles. The number of rotatable bonds is 4. The maximum absolute atomic E-state index is 11.9. The molecule has 0 radical (unpaired) electrons. The van der Waals surface area contributed by atoms with Crippen LogP contribution in [0.4, 0.5) is 0 Å². The van der Waals surface area contributed by atoms with Crippen LogP contribution in [0.5, 0.6) is 0 Å². The number of hydrogen-bond acceptors (Lipinski definition) is 2. The van der Waals surface area contributed by atoms with Gasteiger partial charge in [-0.15, -0.1) is 0 Å². The third-order valence-electron chi connectivity index (χ3n) is 3.47. The van der Waals surface area contributed by atoms with Crippen LogP contribution in [-0.2, 0) is 0 Å². The van der Waals surface area contributed by atoms with Crippen molar-refractivity contribution in [2.45, 2.75) is 31.7 Å². The molecule has 0 aliphatic carbocycles. The molecule has 0 aromatic heterocycles. The zero-order valence-corrected chi connectivity index (χ0v) is 9.86. The average Bonchev–Trinajstić information content (AvgIpc) is 2.73. The van der Waals surface area contributed by atoms with Crippen molar-refractivity contribution in [2.75, 3.05) is 13.6 Å². The zero-order chi connectivity index (χ0) is 11.4. The molecule has 1 saturated heterocycles. The second kappa shape index (κ2) is 5.26. The van der Waals surface area contributed by atoms with Crippen molar-refractivity contribution in [1.82, 2.24) is 4.90 Å². The lowest BCUT2D eigenvalue weighted by molar-refractivity contribution is 0.0970. The van der Waals surface area contributed by atoms with E-state index in [0.717, 1.165) is 12.0 Å². The topological polar surface area (TPSA) is 20.3 Å². The van der Waals surface area contributed by atoms with Crippen molar-refractivity contribution in [3.63, 3.8) is 0 Å². The number of carbonyl (C=O) groups excluding carboxylic acids is 1. The van der Waals surface area contributed by atoms with E-state index in [-0.39, 0.29) is 5.78 Å². The molecule has 86 valence electrons. The molecule has 1 aliphatic heterocycles. The monoisotopic (exact) mass is 217 g/mol. The molecule has 0 bridgehead atoms. The van der Waals surface area contributed by atoms with E-state index in [1.54, 1.807) is 0 Å². The predicted octanol–water partition coefficient (Wildman–Crippen LogP) is 2.74. The van der Waals surface area contributed by atoms with Crippen LogP contribution in [0, 0.1) is 0 Å². The van der Waals surface area contributed by atoms with E-state index < -0.39 is 0 Å². The van der Waals surface area contributed by atoms with Crippen LogP contribution in [0.25, 0.3) is 0 Å². The van der Waals surface area contributed by atoms with E-state index in [0.29, 0.717) is 12.5 Å². The highest BCUT2D eigenvalue weighted by molar-refractivity contribution is 5.95. The van der Waals surface area contributed by atoms with Gasteiger partial charge in [0.2, 0.25) is 0 Å². The van der Waals surface area contributed by atoms with Gasteiger partial charge in [0.1, 0.15) is 0 Å². The fourth-order valence-electron chi connectivity index (χ4n) is 2.41. The first-order valence-electron chi connectivity index (χ1n) is 6.06. The first kappa shape index (κ1) is 11.3. The second-order valence-corrected chi connectivity index (χ2v) is 4.60. The maximum Gasteiger partial charge on any atom is 0.162 e. The molecular formula is C14H19NO.